The minimum Gasteiger partial charge on any atom is -0.240 e. The van der Waals surface area contributed by atoms with E-state index in [9.17, 15) is 4.39 Å². The monoisotopic (exact) mass is 150 g/mol. The fourth-order valence-corrected chi connectivity index (χ4v) is 1.53. The highest BCUT2D eigenvalue weighted by atomic mass is 31.0. The third kappa shape index (κ3) is 4.84. The third-order valence-corrected chi connectivity index (χ3v) is 1.91. The van der Waals surface area contributed by atoms with Gasteiger partial charge in [0.05, 0.1) is 0 Å². The van der Waals surface area contributed by atoms with Gasteiger partial charge in [0, 0.05) is 0 Å². The predicted molar refractivity (Wildman–Crippen MR) is 43.4 cm³/mol. The molecule has 1 atom stereocenters. The van der Waals surface area contributed by atoms with Crippen molar-refractivity contribution in [2.45, 2.75) is 44.9 Å². The Bertz CT molecular complexity index is 63.3. The van der Waals surface area contributed by atoms with Crippen LogP contribution in [0.15, 0.2) is 0 Å². The van der Waals surface area contributed by atoms with Gasteiger partial charge < -0.3 is 0 Å². The minimum absolute atomic E-state index is 0.672. The quantitative estimate of drug-likeness (QED) is 0.540. The van der Waals surface area contributed by atoms with Crippen LogP contribution in [0, 0.1) is 0 Å². The lowest BCUT2D eigenvalue weighted by atomic mass is 10.1. The van der Waals surface area contributed by atoms with Crippen LogP contribution in [0.4, 0.5) is 4.39 Å². The molecule has 9 heavy (non-hydrogen) atoms. The van der Waals surface area contributed by atoms with Crippen molar-refractivity contribution in [3.63, 3.8) is 0 Å². The molecule has 0 aromatic carbocycles. The van der Waals surface area contributed by atoms with Crippen LogP contribution in [-0.4, -0.2) is 5.41 Å². The lowest BCUT2D eigenvalue weighted by molar-refractivity contribution is 0.248. The average Bonchev–Trinajstić information content (AvgIpc) is 1.64. The summed E-state index contributed by atoms with van der Waals surface area (Å²) in [5.74, 6) is 0. The summed E-state index contributed by atoms with van der Waals surface area (Å²) in [7, 11) is 2.29. The summed E-state index contributed by atoms with van der Waals surface area (Å²) >= 11 is 0. The summed E-state index contributed by atoms with van der Waals surface area (Å²) in [5.41, 5.74) is 0. The molecule has 0 heterocycles. The van der Waals surface area contributed by atoms with Crippen molar-refractivity contribution in [3.8, 4) is 0 Å². The van der Waals surface area contributed by atoms with E-state index in [1.54, 1.807) is 0 Å². The van der Waals surface area contributed by atoms with Gasteiger partial charge in [-0.3, -0.25) is 0 Å². The van der Waals surface area contributed by atoms with Crippen LogP contribution in [0.25, 0.3) is 0 Å². The molecule has 0 fully saturated rings. The van der Waals surface area contributed by atoms with Gasteiger partial charge in [-0.1, -0.05) is 35.9 Å². The van der Waals surface area contributed by atoms with Crippen LogP contribution in [0.5, 0.6) is 0 Å². The second-order valence-electron chi connectivity index (χ2n) is 2.53. The topological polar surface area (TPSA) is 0 Å². The van der Waals surface area contributed by atoms with E-state index in [0.29, 0.717) is 12.8 Å². The largest absolute Gasteiger partial charge is 0.240 e. The molecule has 0 aromatic rings. The Kier molecular flexibility index (Phi) is 4.39. The van der Waals surface area contributed by atoms with E-state index in [2.05, 4.69) is 9.24 Å². The van der Waals surface area contributed by atoms with Gasteiger partial charge >= 0.3 is 0 Å². The number of halogens is 1. The van der Waals surface area contributed by atoms with Gasteiger partial charge in [0.25, 0.3) is 0 Å². The number of alkyl halides is 1. The maximum Gasteiger partial charge on any atom is 0.123 e. The smallest absolute Gasteiger partial charge is 0.123 e. The molecule has 0 N–H and O–H groups in total. The van der Waals surface area contributed by atoms with E-state index in [1.165, 1.54) is 0 Å². The van der Waals surface area contributed by atoms with E-state index in [4.69, 9.17) is 0 Å². The van der Waals surface area contributed by atoms with E-state index < -0.39 is 5.41 Å². The Labute approximate surface area is 59.4 Å². The van der Waals surface area contributed by atoms with E-state index >= 15 is 0 Å². The van der Waals surface area contributed by atoms with E-state index in [-0.39, 0.29) is 0 Å². The number of hydrogen-bond acceptors (Lipinski definition) is 0. The molecule has 0 saturated heterocycles. The van der Waals surface area contributed by atoms with Gasteiger partial charge in [-0.15, -0.1) is 0 Å². The van der Waals surface area contributed by atoms with Gasteiger partial charge in [-0.25, -0.2) is 4.39 Å². The molecular weight excluding hydrogens is 134 g/mol. The molecular formula is C7H16FP. The van der Waals surface area contributed by atoms with Crippen LogP contribution in [0.3, 0.4) is 0 Å². The van der Waals surface area contributed by atoms with Crippen LogP contribution in [0.1, 0.15) is 39.5 Å². The Morgan fingerprint density at radius 2 is 1.56 bits per heavy atom. The third-order valence-electron chi connectivity index (χ3n) is 1.33. The van der Waals surface area contributed by atoms with Crippen molar-refractivity contribution in [1.29, 1.82) is 0 Å². The van der Waals surface area contributed by atoms with Crippen molar-refractivity contribution in [3.05, 3.63) is 0 Å². The molecule has 0 radical (unpaired) electrons. The molecule has 0 aliphatic heterocycles. The summed E-state index contributed by atoms with van der Waals surface area (Å²) in [6.07, 6.45) is 3.21. The summed E-state index contributed by atoms with van der Waals surface area (Å²) in [6.45, 7) is 4.02. The molecule has 0 aliphatic carbocycles. The summed E-state index contributed by atoms with van der Waals surface area (Å²) < 4.78 is 13.1. The zero-order valence-electron chi connectivity index (χ0n) is 6.28. The fourth-order valence-electron chi connectivity index (χ4n) is 0.956. The van der Waals surface area contributed by atoms with Crippen LogP contribution < -0.4 is 0 Å². The first-order valence-corrected chi connectivity index (χ1v) is 4.18. The Morgan fingerprint density at radius 3 is 1.78 bits per heavy atom. The molecule has 0 bridgehead atoms. The van der Waals surface area contributed by atoms with Gasteiger partial charge in [0.2, 0.25) is 0 Å². The highest BCUT2D eigenvalue weighted by Crippen LogP contribution is 2.30. The average molecular weight is 150 g/mol. The number of rotatable bonds is 4. The van der Waals surface area contributed by atoms with Crippen LogP contribution in [-0.2, 0) is 0 Å². The van der Waals surface area contributed by atoms with Crippen molar-refractivity contribution in [2.75, 3.05) is 0 Å². The fraction of sp³-hybridized carbons (Fsp3) is 1.00. The lowest BCUT2D eigenvalue weighted by Crippen LogP contribution is -2.11. The Hall–Kier alpha value is 0.360. The van der Waals surface area contributed by atoms with Crippen molar-refractivity contribution in [2.24, 2.45) is 0 Å². The SMILES string of the molecule is CCCC(F)(P)CCC. The standard InChI is InChI=1S/C7H16FP/c1-3-5-7(8,9)6-4-2/h3-6,9H2,1-2H3. The molecule has 0 nitrogen and oxygen atoms in total. The van der Waals surface area contributed by atoms with Crippen LogP contribution >= 0.6 is 9.24 Å². The first-order valence-electron chi connectivity index (χ1n) is 3.60. The second kappa shape index (κ2) is 4.22. The van der Waals surface area contributed by atoms with Gasteiger partial charge in [-0.05, 0) is 12.8 Å². The first kappa shape index (κ1) is 9.36. The molecule has 0 rings (SSSR count). The molecule has 2 heteroatoms. The molecule has 1 unspecified atom stereocenters. The Balaban J connectivity index is 3.43. The van der Waals surface area contributed by atoms with Crippen molar-refractivity contribution >= 4 is 9.24 Å². The molecule has 0 aromatic heterocycles. The molecule has 0 spiro atoms. The maximum absolute atomic E-state index is 13.1. The number of hydrogen-bond donors (Lipinski definition) is 0. The summed E-state index contributed by atoms with van der Waals surface area (Å²) in [4.78, 5) is 0. The predicted octanol–water partition coefficient (Wildman–Crippen LogP) is 3.13. The van der Waals surface area contributed by atoms with Crippen molar-refractivity contribution in [1.82, 2.24) is 0 Å². The lowest BCUT2D eigenvalue weighted by Gasteiger charge is -2.17. The molecule has 56 valence electrons. The van der Waals surface area contributed by atoms with Gasteiger partial charge in [0.15, 0.2) is 0 Å². The van der Waals surface area contributed by atoms with Gasteiger partial charge in [-0.2, -0.15) is 0 Å². The highest BCUT2D eigenvalue weighted by molar-refractivity contribution is 7.18. The normalized spacial score (nSPS) is 12.0. The van der Waals surface area contributed by atoms with E-state index in [0.717, 1.165) is 12.8 Å². The molecule has 0 amide bonds. The van der Waals surface area contributed by atoms with Crippen molar-refractivity contribution < 1.29 is 4.39 Å². The van der Waals surface area contributed by atoms with Crippen LogP contribution in [0.2, 0.25) is 0 Å². The zero-order valence-corrected chi connectivity index (χ0v) is 7.44. The minimum atomic E-state index is -0.983. The summed E-state index contributed by atoms with van der Waals surface area (Å²) in [6, 6.07) is 0. The maximum atomic E-state index is 13.1. The second-order valence-corrected chi connectivity index (χ2v) is 3.57. The Morgan fingerprint density at radius 1 is 1.22 bits per heavy atom. The van der Waals surface area contributed by atoms with Gasteiger partial charge in [0.1, 0.15) is 5.41 Å². The first-order chi connectivity index (χ1) is 4.12. The van der Waals surface area contributed by atoms with E-state index in [1.807, 2.05) is 13.8 Å². The zero-order chi connectivity index (χ0) is 7.33. The highest BCUT2D eigenvalue weighted by Gasteiger charge is 2.19. The molecule has 0 aliphatic rings. The molecule has 0 saturated carbocycles. The summed E-state index contributed by atoms with van der Waals surface area (Å²) in [5, 5.41) is -0.983.